The number of aromatic nitrogens is 2. The zero-order chi connectivity index (χ0) is 29.3. The first kappa shape index (κ1) is 25.8. The van der Waals surface area contributed by atoms with Gasteiger partial charge in [0.1, 0.15) is 29.6 Å². The molecule has 1 fully saturated rings. The van der Waals surface area contributed by atoms with Gasteiger partial charge in [-0.05, 0) is 46.8 Å². The van der Waals surface area contributed by atoms with Gasteiger partial charge in [-0.2, -0.15) is 5.09 Å². The number of hydrogen-bond donors (Lipinski definition) is 4. The molecule has 0 spiro atoms. The van der Waals surface area contributed by atoms with Crippen molar-refractivity contribution < 1.29 is 40.8 Å². The summed E-state index contributed by atoms with van der Waals surface area (Å²) in [5.41, 5.74) is -3.86. The summed E-state index contributed by atoms with van der Waals surface area (Å²) in [6.45, 7) is 3.86. The minimum absolute atomic E-state index is 0.00147. The first-order chi connectivity index (χ1) is 18.0. The Morgan fingerprint density at radius 2 is 1.97 bits per heavy atom. The highest BCUT2D eigenvalue weighted by Gasteiger charge is 2.54. The Hall–Kier alpha value is -2.80. The lowest BCUT2D eigenvalue weighted by molar-refractivity contribution is -0.149. The number of aliphatic hydroxyl groups is 2. The molecule has 0 radical (unpaired) electrons. The van der Waals surface area contributed by atoms with Gasteiger partial charge in [-0.1, -0.05) is 18.2 Å². The Morgan fingerprint density at radius 1 is 1.32 bits per heavy atom. The van der Waals surface area contributed by atoms with Gasteiger partial charge in [0, 0.05) is 11.8 Å². The number of nitrogens with zero attached hydrogens (tertiary/aromatic N) is 1. The standard InChI is InChI=1S/C23H32N3O10P/c1-13(2)34-20(29)15(4)25-37(32,36-16-9-7-6-8-10-16)33-12-17-18(27)23(5,31)21(35-17)26-11-14(3)19(28)24-22(26)30/h6-11,13,15,17-18,21,27,31H,12H2,1-5H3,(H,25,32)(H,24,28,30)/t15-,17+,18+,21+,23+,37-/m0/s1/i12D2. The predicted molar refractivity (Wildman–Crippen MR) is 131 cm³/mol. The lowest BCUT2D eigenvalue weighted by Gasteiger charge is -2.27. The summed E-state index contributed by atoms with van der Waals surface area (Å²) in [5, 5.41) is 24.2. The molecule has 6 atom stereocenters. The number of hydrogen-bond acceptors (Lipinski definition) is 10. The van der Waals surface area contributed by atoms with Crippen molar-refractivity contribution in [2.24, 2.45) is 0 Å². The maximum atomic E-state index is 13.8. The average molecular weight is 544 g/mol. The number of aryl methyl sites for hydroxylation is 1. The van der Waals surface area contributed by atoms with Crippen LogP contribution in [0.5, 0.6) is 5.75 Å². The molecule has 14 heteroatoms. The quantitative estimate of drug-likeness (QED) is 0.248. The number of H-pyrrole nitrogens is 1. The molecular weight excluding hydrogens is 509 g/mol. The molecule has 4 N–H and O–H groups in total. The van der Waals surface area contributed by atoms with Gasteiger partial charge in [-0.25, -0.2) is 9.36 Å². The van der Waals surface area contributed by atoms with Crippen LogP contribution < -0.4 is 20.9 Å². The summed E-state index contributed by atoms with van der Waals surface area (Å²) in [7, 11) is -4.77. The fourth-order valence-electron chi connectivity index (χ4n) is 3.44. The lowest BCUT2D eigenvalue weighted by Crippen LogP contribution is -2.47. The molecule has 1 saturated heterocycles. The number of ether oxygens (including phenoxy) is 2. The molecule has 2 aromatic rings. The molecule has 0 amide bonds. The molecule has 1 aromatic heterocycles. The van der Waals surface area contributed by atoms with E-state index in [9.17, 15) is 29.2 Å². The molecule has 2 heterocycles. The third-order valence-corrected chi connectivity index (χ3v) is 6.88. The van der Waals surface area contributed by atoms with Gasteiger partial charge >= 0.3 is 19.4 Å². The van der Waals surface area contributed by atoms with Crippen LogP contribution in [0.25, 0.3) is 0 Å². The van der Waals surface area contributed by atoms with Gasteiger partial charge in [-0.15, -0.1) is 0 Å². The minimum Gasteiger partial charge on any atom is -0.462 e. The number of carbonyl (C=O) groups is 1. The van der Waals surface area contributed by atoms with E-state index in [1.807, 2.05) is 4.98 Å². The van der Waals surface area contributed by atoms with Crippen LogP contribution in [0.1, 0.15) is 42.2 Å². The van der Waals surface area contributed by atoms with Crippen molar-refractivity contribution in [2.75, 3.05) is 6.56 Å². The summed E-state index contributed by atoms with van der Waals surface area (Å²) < 4.78 is 53.0. The van der Waals surface area contributed by atoms with Gasteiger partial charge in [0.15, 0.2) is 6.23 Å². The molecule has 204 valence electrons. The van der Waals surface area contributed by atoms with Crippen LogP contribution in [0.2, 0.25) is 0 Å². The molecule has 0 bridgehead atoms. The van der Waals surface area contributed by atoms with Gasteiger partial charge in [-0.3, -0.25) is 23.7 Å². The predicted octanol–water partition coefficient (Wildman–Crippen LogP) is 0.988. The van der Waals surface area contributed by atoms with Crippen LogP contribution >= 0.6 is 7.75 Å². The number of nitrogens with one attached hydrogen (secondary N) is 2. The van der Waals surface area contributed by atoms with Crippen molar-refractivity contribution in [3.8, 4) is 5.75 Å². The van der Waals surface area contributed by atoms with Crippen LogP contribution in [-0.4, -0.2) is 62.2 Å². The fraction of sp³-hybridized carbons (Fsp3) is 0.522. The highest BCUT2D eigenvalue weighted by molar-refractivity contribution is 7.52. The number of carbonyl (C=O) groups excluding carboxylic acids is 1. The zero-order valence-electron chi connectivity index (χ0n) is 22.9. The normalized spacial score (nSPS) is 27.2. The van der Waals surface area contributed by atoms with E-state index in [0.717, 1.165) is 17.7 Å². The number of aliphatic hydroxyl groups excluding tert-OH is 1. The third kappa shape index (κ3) is 6.75. The van der Waals surface area contributed by atoms with Crippen molar-refractivity contribution in [2.45, 2.75) is 70.8 Å². The third-order valence-electron chi connectivity index (χ3n) is 5.37. The number of para-hydroxylation sites is 1. The first-order valence-electron chi connectivity index (χ1n) is 12.4. The van der Waals surface area contributed by atoms with E-state index in [0.29, 0.717) is 0 Å². The number of esters is 1. The Morgan fingerprint density at radius 3 is 2.59 bits per heavy atom. The van der Waals surface area contributed by atoms with Gasteiger partial charge in [0.2, 0.25) is 0 Å². The molecule has 1 aliphatic heterocycles. The van der Waals surface area contributed by atoms with E-state index < -0.39 is 67.7 Å². The van der Waals surface area contributed by atoms with E-state index in [1.165, 1.54) is 26.0 Å². The molecule has 1 aromatic carbocycles. The van der Waals surface area contributed by atoms with Gasteiger partial charge in [0.05, 0.1) is 15.4 Å². The van der Waals surface area contributed by atoms with Crippen molar-refractivity contribution >= 4 is 13.7 Å². The second-order valence-electron chi connectivity index (χ2n) is 9.01. The van der Waals surface area contributed by atoms with Crippen molar-refractivity contribution in [1.29, 1.82) is 0 Å². The molecule has 0 unspecified atom stereocenters. The van der Waals surface area contributed by atoms with Crippen LogP contribution in [0, 0.1) is 6.92 Å². The first-order valence-corrected chi connectivity index (χ1v) is 12.9. The summed E-state index contributed by atoms with van der Waals surface area (Å²) in [4.78, 5) is 38.6. The molecule has 0 aliphatic carbocycles. The number of aromatic amines is 1. The van der Waals surface area contributed by atoms with E-state index in [2.05, 4.69) is 5.09 Å². The topological polar surface area (TPSA) is 178 Å². The van der Waals surface area contributed by atoms with Crippen LogP contribution in [0.3, 0.4) is 0 Å². The van der Waals surface area contributed by atoms with Crippen molar-refractivity contribution in [1.82, 2.24) is 14.6 Å². The zero-order valence-corrected chi connectivity index (χ0v) is 21.8. The van der Waals surface area contributed by atoms with Crippen LogP contribution in [0.4, 0.5) is 0 Å². The number of rotatable bonds is 10. The largest absolute Gasteiger partial charge is 0.462 e. The van der Waals surface area contributed by atoms with Crippen molar-refractivity contribution in [3.05, 3.63) is 62.9 Å². The van der Waals surface area contributed by atoms with Crippen molar-refractivity contribution in [3.63, 3.8) is 0 Å². The smallest absolute Gasteiger partial charge is 0.459 e. The average Bonchev–Trinajstić information content (AvgIpc) is 3.05. The minimum atomic E-state index is -4.77. The molecule has 37 heavy (non-hydrogen) atoms. The molecule has 3 rings (SSSR count). The molecule has 13 nitrogen and oxygen atoms in total. The SMILES string of the molecule is [2H]C([2H])(O[P@@](=O)(N[C@@H](C)C(=O)OC(C)C)Oc1ccccc1)[C@H]1O[C@@H](n2cc(C)c(=O)[nH]c2=O)[C@](C)(O)[C@@H]1O. The maximum Gasteiger partial charge on any atom is 0.459 e. The van der Waals surface area contributed by atoms with Crippen LogP contribution in [-0.2, 0) is 23.4 Å². The van der Waals surface area contributed by atoms with Gasteiger partial charge in [0.25, 0.3) is 5.56 Å². The Labute approximate surface area is 215 Å². The summed E-state index contributed by atoms with van der Waals surface area (Å²) in [6, 6.07) is 6.30. The van der Waals surface area contributed by atoms with E-state index in [4.69, 9.17) is 21.3 Å². The summed E-state index contributed by atoms with van der Waals surface area (Å²) in [5.74, 6) is -0.819. The van der Waals surface area contributed by atoms with Crippen LogP contribution in [0.15, 0.2) is 46.1 Å². The molecule has 0 saturated carbocycles. The van der Waals surface area contributed by atoms with E-state index >= 15 is 0 Å². The molecule has 1 aliphatic rings. The fourth-order valence-corrected chi connectivity index (χ4v) is 4.80. The Bertz CT molecular complexity index is 1350. The summed E-state index contributed by atoms with van der Waals surface area (Å²) >= 11 is 0. The van der Waals surface area contributed by atoms with E-state index in [-0.39, 0.29) is 11.3 Å². The number of benzene rings is 1. The lowest BCUT2D eigenvalue weighted by atomic mass is 9.96. The Kier molecular flexibility index (Phi) is 7.89. The highest BCUT2D eigenvalue weighted by Crippen LogP contribution is 2.46. The van der Waals surface area contributed by atoms with E-state index in [1.54, 1.807) is 32.0 Å². The second-order valence-corrected chi connectivity index (χ2v) is 10.6. The Balaban J connectivity index is 1.94. The monoisotopic (exact) mass is 543 g/mol. The van der Waals surface area contributed by atoms with Gasteiger partial charge < -0.3 is 24.2 Å². The summed E-state index contributed by atoms with van der Waals surface area (Å²) in [6.07, 6.45) is -5.14. The second kappa shape index (κ2) is 11.3. The maximum absolute atomic E-state index is 13.8. The molecular formula is C23H32N3O10P. The highest BCUT2D eigenvalue weighted by atomic mass is 31.2.